The van der Waals surface area contributed by atoms with Crippen LogP contribution >= 0.6 is 0 Å². The van der Waals surface area contributed by atoms with Crippen LogP contribution in [0.3, 0.4) is 0 Å². The molecule has 0 aromatic heterocycles. The molecule has 0 bridgehead atoms. The molecule has 0 atom stereocenters. The van der Waals surface area contributed by atoms with Crippen LogP contribution in [-0.2, 0) is 0 Å². The van der Waals surface area contributed by atoms with Gasteiger partial charge in [-0.2, -0.15) is 0 Å². The van der Waals surface area contributed by atoms with E-state index < -0.39 is 0 Å². The standard InChI is InChI=1S/C10H10O3/c1-13-10-7-8(3-2-6-11)4-5-9(10)12/h2-3,7,11-12H,6H2,1H3/b3-2+. The maximum absolute atomic E-state index is 9.18. The van der Waals surface area contributed by atoms with Crippen LogP contribution < -0.4 is 4.74 Å². The minimum atomic E-state index is -0.0661. The molecular formula is C10H10O3. The van der Waals surface area contributed by atoms with Crippen molar-refractivity contribution in [1.29, 1.82) is 0 Å². The number of aliphatic hydroxyl groups is 1. The van der Waals surface area contributed by atoms with E-state index in [4.69, 9.17) is 9.84 Å². The van der Waals surface area contributed by atoms with Crippen molar-refractivity contribution in [3.63, 3.8) is 0 Å². The van der Waals surface area contributed by atoms with Crippen molar-refractivity contribution < 1.29 is 14.9 Å². The first-order valence-electron chi connectivity index (χ1n) is 3.76. The lowest BCUT2D eigenvalue weighted by Gasteiger charge is -1.99. The van der Waals surface area contributed by atoms with Gasteiger partial charge >= 0.3 is 0 Å². The summed E-state index contributed by atoms with van der Waals surface area (Å²) in [6, 6.07) is 6.80. The molecule has 3 nitrogen and oxygen atoms in total. The molecule has 0 fully saturated rings. The predicted octanol–water partition coefficient (Wildman–Crippen LogP) is 1.01. The second kappa shape index (κ2) is 4.39. The third kappa shape index (κ3) is 2.39. The lowest BCUT2D eigenvalue weighted by Crippen LogP contribution is -1.83. The fourth-order valence-corrected chi connectivity index (χ4v) is 0.864. The second-order valence-electron chi connectivity index (χ2n) is 2.35. The van der Waals surface area contributed by atoms with E-state index in [0.717, 1.165) is 0 Å². The van der Waals surface area contributed by atoms with Crippen LogP contribution in [0, 0.1) is 12.1 Å². The van der Waals surface area contributed by atoms with E-state index in [0.29, 0.717) is 11.3 Å². The van der Waals surface area contributed by atoms with Gasteiger partial charge in [-0.15, -0.1) is 0 Å². The highest BCUT2D eigenvalue weighted by Gasteiger charge is 1.98. The Balaban J connectivity index is 2.92. The summed E-state index contributed by atoms with van der Waals surface area (Å²) >= 11 is 0. The van der Waals surface area contributed by atoms with Gasteiger partial charge in [0, 0.05) is 11.6 Å². The molecule has 0 saturated carbocycles. The zero-order valence-corrected chi connectivity index (χ0v) is 7.24. The predicted molar refractivity (Wildman–Crippen MR) is 48.5 cm³/mol. The molecule has 0 spiro atoms. The molecule has 0 heterocycles. The highest BCUT2D eigenvalue weighted by atomic mass is 16.5. The van der Waals surface area contributed by atoms with Gasteiger partial charge in [-0.05, 0) is 12.1 Å². The van der Waals surface area contributed by atoms with Crippen molar-refractivity contribution in [2.45, 2.75) is 0 Å². The highest BCUT2D eigenvalue weighted by molar-refractivity contribution is 5.52. The van der Waals surface area contributed by atoms with Gasteiger partial charge in [0.25, 0.3) is 0 Å². The fraction of sp³-hybridized carbons (Fsp3) is 0.200. The zero-order valence-electron chi connectivity index (χ0n) is 7.24. The number of ether oxygens (including phenoxy) is 1. The van der Waals surface area contributed by atoms with Crippen molar-refractivity contribution >= 4 is 6.08 Å². The number of hydrogen-bond donors (Lipinski definition) is 2. The molecule has 0 saturated heterocycles. The normalized spacial score (nSPS) is 10.0. The van der Waals surface area contributed by atoms with Crippen LogP contribution in [0.2, 0.25) is 0 Å². The van der Waals surface area contributed by atoms with Gasteiger partial charge in [0.1, 0.15) is 0 Å². The number of aliphatic hydroxyl groups excluding tert-OH is 1. The smallest absolute Gasteiger partial charge is 0.210 e. The molecule has 0 radical (unpaired) electrons. The average molecular weight is 178 g/mol. The molecule has 1 aromatic rings. The van der Waals surface area contributed by atoms with Gasteiger partial charge in [0.15, 0.2) is 5.75 Å². The Morgan fingerprint density at radius 1 is 1.54 bits per heavy atom. The van der Waals surface area contributed by atoms with E-state index in [-0.39, 0.29) is 12.4 Å². The fourth-order valence-electron chi connectivity index (χ4n) is 0.864. The van der Waals surface area contributed by atoms with E-state index in [1.807, 2.05) is 0 Å². The first-order valence-corrected chi connectivity index (χ1v) is 3.76. The number of hydrogen-bond acceptors (Lipinski definition) is 3. The van der Waals surface area contributed by atoms with Crippen LogP contribution in [0.5, 0.6) is 11.5 Å². The molecule has 1 rings (SSSR count). The Labute approximate surface area is 76.9 Å². The first kappa shape index (κ1) is 9.43. The summed E-state index contributed by atoms with van der Waals surface area (Å²) in [5.74, 6) is 0.278. The minimum absolute atomic E-state index is 0.0307. The van der Waals surface area contributed by atoms with Crippen molar-refractivity contribution in [1.82, 2.24) is 0 Å². The van der Waals surface area contributed by atoms with Gasteiger partial charge < -0.3 is 14.9 Å². The summed E-state index contributed by atoms with van der Waals surface area (Å²) in [5.41, 5.74) is 0.698. The molecule has 13 heavy (non-hydrogen) atoms. The van der Waals surface area contributed by atoms with Gasteiger partial charge in [-0.25, -0.2) is 0 Å². The third-order valence-corrected chi connectivity index (χ3v) is 1.47. The second-order valence-corrected chi connectivity index (χ2v) is 2.35. The molecule has 0 aliphatic rings. The van der Waals surface area contributed by atoms with Crippen molar-refractivity contribution in [2.24, 2.45) is 0 Å². The summed E-state index contributed by atoms with van der Waals surface area (Å²) in [7, 11) is 1.46. The van der Waals surface area contributed by atoms with E-state index in [9.17, 15) is 5.11 Å². The highest BCUT2D eigenvalue weighted by Crippen LogP contribution is 2.23. The van der Waals surface area contributed by atoms with E-state index in [1.165, 1.54) is 7.11 Å². The van der Waals surface area contributed by atoms with E-state index in [2.05, 4.69) is 12.1 Å². The van der Waals surface area contributed by atoms with Crippen molar-refractivity contribution in [3.8, 4) is 11.5 Å². The summed E-state index contributed by atoms with van der Waals surface area (Å²) in [6.45, 7) is -0.0307. The molecule has 0 unspecified atom stereocenters. The van der Waals surface area contributed by atoms with Crippen LogP contribution in [0.25, 0.3) is 6.08 Å². The molecule has 2 N–H and O–H groups in total. The lowest BCUT2D eigenvalue weighted by molar-refractivity contribution is 0.343. The number of methoxy groups -OCH3 is 1. The molecule has 0 aliphatic heterocycles. The Kier molecular flexibility index (Phi) is 3.18. The minimum Gasteiger partial charge on any atom is -0.498 e. The van der Waals surface area contributed by atoms with Gasteiger partial charge in [-0.3, -0.25) is 0 Å². The van der Waals surface area contributed by atoms with Crippen LogP contribution in [-0.4, -0.2) is 23.9 Å². The number of rotatable bonds is 3. The molecular weight excluding hydrogens is 168 g/mol. The Hall–Kier alpha value is -1.66. The average Bonchev–Trinajstić information content (AvgIpc) is 2.16. The van der Waals surface area contributed by atoms with Crippen LogP contribution in [0.4, 0.5) is 0 Å². The molecule has 68 valence electrons. The Bertz CT molecular complexity index is 305. The maximum Gasteiger partial charge on any atom is 0.210 e. The van der Waals surface area contributed by atoms with E-state index >= 15 is 0 Å². The monoisotopic (exact) mass is 178 g/mol. The molecule has 1 aromatic carbocycles. The Morgan fingerprint density at radius 3 is 2.92 bits per heavy atom. The summed E-state index contributed by atoms with van der Waals surface area (Å²) in [5, 5.41) is 17.7. The molecule has 0 aliphatic carbocycles. The summed E-state index contributed by atoms with van der Waals surface area (Å²) in [6.07, 6.45) is 3.23. The van der Waals surface area contributed by atoms with Gasteiger partial charge in [0.2, 0.25) is 5.75 Å². The summed E-state index contributed by atoms with van der Waals surface area (Å²) < 4.78 is 4.87. The maximum atomic E-state index is 9.18. The van der Waals surface area contributed by atoms with Crippen LogP contribution in [0.1, 0.15) is 5.56 Å². The van der Waals surface area contributed by atoms with Gasteiger partial charge in [-0.1, -0.05) is 12.1 Å². The topological polar surface area (TPSA) is 49.7 Å². The van der Waals surface area contributed by atoms with Crippen molar-refractivity contribution in [2.75, 3.05) is 13.7 Å². The Morgan fingerprint density at radius 2 is 2.31 bits per heavy atom. The number of aromatic hydroxyl groups is 1. The summed E-state index contributed by atoms with van der Waals surface area (Å²) in [4.78, 5) is 0. The zero-order chi connectivity index (χ0) is 9.68. The quantitative estimate of drug-likeness (QED) is 0.726. The largest absolute Gasteiger partial charge is 0.498 e. The third-order valence-electron chi connectivity index (χ3n) is 1.47. The molecule has 3 heteroatoms. The van der Waals surface area contributed by atoms with E-state index in [1.54, 1.807) is 18.2 Å². The SMILES string of the molecule is COc1cc(/C=C/CO)c#cc1O. The van der Waals surface area contributed by atoms with Crippen LogP contribution in [0.15, 0.2) is 12.1 Å². The van der Waals surface area contributed by atoms with Crippen molar-refractivity contribution in [3.05, 3.63) is 29.8 Å². The van der Waals surface area contributed by atoms with Gasteiger partial charge in [0.05, 0.1) is 13.7 Å². The molecule has 0 amide bonds. The first-order chi connectivity index (χ1) is 6.27. The lowest BCUT2D eigenvalue weighted by atomic mass is 10.2.